The maximum Gasteiger partial charge on any atom is 0.119 e. The minimum atomic E-state index is 0.843. The second kappa shape index (κ2) is 5.83. The van der Waals surface area contributed by atoms with Gasteiger partial charge in [-0.2, -0.15) is 0 Å². The molecule has 0 aliphatic heterocycles. The Kier molecular flexibility index (Phi) is 4.15. The molecule has 0 radical (unpaired) electrons. The van der Waals surface area contributed by atoms with Crippen LogP contribution >= 0.6 is 15.9 Å². The minimum absolute atomic E-state index is 0.843. The topological polar surface area (TPSA) is 21.6 Å². The van der Waals surface area contributed by atoms with Crippen molar-refractivity contribution in [3.8, 4) is 5.75 Å². The fourth-order valence-corrected chi connectivity index (χ4v) is 1.87. The van der Waals surface area contributed by atoms with Crippen molar-refractivity contribution in [3.05, 3.63) is 58.6 Å². The molecule has 0 heterocycles. The highest BCUT2D eigenvalue weighted by Crippen LogP contribution is 2.19. The molecule has 0 fully saturated rings. The summed E-state index contributed by atoms with van der Waals surface area (Å²) in [7, 11) is 1.66. The average molecular weight is 304 g/mol. The number of benzene rings is 2. The zero-order valence-electron chi connectivity index (χ0n) is 10.4. The van der Waals surface area contributed by atoms with Crippen LogP contribution in [0, 0.1) is 0 Å². The third kappa shape index (κ3) is 3.20. The van der Waals surface area contributed by atoms with Crippen LogP contribution in [-0.4, -0.2) is 12.8 Å². The van der Waals surface area contributed by atoms with Crippen molar-refractivity contribution in [1.29, 1.82) is 0 Å². The number of ether oxygens (including phenoxy) is 1. The maximum atomic E-state index is 5.12. The van der Waals surface area contributed by atoms with Crippen molar-refractivity contribution in [2.24, 2.45) is 4.99 Å². The first-order valence-corrected chi connectivity index (χ1v) is 6.43. The van der Waals surface area contributed by atoms with E-state index in [4.69, 9.17) is 4.74 Å². The lowest BCUT2D eigenvalue weighted by Crippen LogP contribution is -1.93. The lowest BCUT2D eigenvalue weighted by molar-refractivity contribution is 0.415. The highest BCUT2D eigenvalue weighted by atomic mass is 79.9. The first kappa shape index (κ1) is 12.8. The predicted molar refractivity (Wildman–Crippen MR) is 79.0 cm³/mol. The van der Waals surface area contributed by atoms with Gasteiger partial charge in [0.25, 0.3) is 0 Å². The van der Waals surface area contributed by atoms with E-state index in [1.165, 1.54) is 0 Å². The van der Waals surface area contributed by atoms with E-state index in [9.17, 15) is 0 Å². The second-order valence-corrected chi connectivity index (χ2v) is 4.82. The zero-order chi connectivity index (χ0) is 13.0. The van der Waals surface area contributed by atoms with Crippen LogP contribution in [0.1, 0.15) is 12.5 Å². The third-order valence-corrected chi connectivity index (χ3v) is 3.16. The Morgan fingerprint density at radius 2 is 1.61 bits per heavy atom. The molecule has 0 aliphatic carbocycles. The summed E-state index contributed by atoms with van der Waals surface area (Å²) in [4.78, 5) is 4.58. The molecule has 0 saturated heterocycles. The van der Waals surface area contributed by atoms with Gasteiger partial charge < -0.3 is 4.74 Å². The lowest BCUT2D eigenvalue weighted by atomic mass is 10.1. The molecule has 0 amide bonds. The molecule has 2 rings (SSSR count). The van der Waals surface area contributed by atoms with Crippen molar-refractivity contribution >= 4 is 27.3 Å². The SMILES string of the molecule is COc1ccc(N=C(C)c2ccc(Br)cc2)cc1. The summed E-state index contributed by atoms with van der Waals surface area (Å²) < 4.78 is 6.19. The van der Waals surface area contributed by atoms with Crippen LogP contribution in [-0.2, 0) is 0 Å². The van der Waals surface area contributed by atoms with E-state index in [-0.39, 0.29) is 0 Å². The molecular formula is C15H14BrNO. The molecule has 0 bridgehead atoms. The number of hydrogen-bond acceptors (Lipinski definition) is 2. The highest BCUT2D eigenvalue weighted by Gasteiger charge is 1.98. The quantitative estimate of drug-likeness (QED) is 0.760. The summed E-state index contributed by atoms with van der Waals surface area (Å²) in [5.74, 6) is 0.843. The van der Waals surface area contributed by atoms with Gasteiger partial charge in [0.05, 0.1) is 12.8 Å². The normalized spacial score (nSPS) is 11.4. The van der Waals surface area contributed by atoms with Crippen LogP contribution in [0.25, 0.3) is 0 Å². The smallest absolute Gasteiger partial charge is 0.119 e. The molecule has 2 aromatic rings. The Labute approximate surface area is 115 Å². The molecule has 0 spiro atoms. The molecule has 18 heavy (non-hydrogen) atoms. The van der Waals surface area contributed by atoms with Gasteiger partial charge in [0.1, 0.15) is 5.75 Å². The Morgan fingerprint density at radius 3 is 2.17 bits per heavy atom. The van der Waals surface area contributed by atoms with Crippen molar-refractivity contribution < 1.29 is 4.74 Å². The van der Waals surface area contributed by atoms with E-state index in [0.717, 1.165) is 27.2 Å². The monoisotopic (exact) mass is 303 g/mol. The maximum absolute atomic E-state index is 5.12. The molecule has 92 valence electrons. The largest absolute Gasteiger partial charge is 0.497 e. The summed E-state index contributed by atoms with van der Waals surface area (Å²) in [6.45, 7) is 2.01. The molecule has 0 aliphatic rings. The van der Waals surface area contributed by atoms with Crippen molar-refractivity contribution in [2.45, 2.75) is 6.92 Å². The Balaban J connectivity index is 2.23. The number of nitrogens with zero attached hydrogens (tertiary/aromatic N) is 1. The summed E-state index contributed by atoms with van der Waals surface area (Å²) >= 11 is 3.42. The van der Waals surface area contributed by atoms with E-state index in [2.05, 4.69) is 20.9 Å². The van der Waals surface area contributed by atoms with E-state index < -0.39 is 0 Å². The molecule has 0 N–H and O–H groups in total. The fraction of sp³-hybridized carbons (Fsp3) is 0.133. The Morgan fingerprint density at radius 1 is 1.00 bits per heavy atom. The molecule has 2 nitrogen and oxygen atoms in total. The van der Waals surface area contributed by atoms with Gasteiger partial charge in [-0.05, 0) is 48.9 Å². The van der Waals surface area contributed by atoms with Gasteiger partial charge >= 0.3 is 0 Å². The molecule has 0 unspecified atom stereocenters. The molecular weight excluding hydrogens is 290 g/mol. The lowest BCUT2D eigenvalue weighted by Gasteiger charge is -2.03. The fourth-order valence-electron chi connectivity index (χ4n) is 1.61. The number of hydrogen-bond donors (Lipinski definition) is 0. The van der Waals surface area contributed by atoms with E-state index in [1.807, 2.05) is 55.5 Å². The second-order valence-electron chi connectivity index (χ2n) is 3.90. The van der Waals surface area contributed by atoms with Gasteiger partial charge in [-0.25, -0.2) is 0 Å². The van der Waals surface area contributed by atoms with Crippen LogP contribution in [0.3, 0.4) is 0 Å². The van der Waals surface area contributed by atoms with Gasteiger partial charge in [0, 0.05) is 10.2 Å². The van der Waals surface area contributed by atoms with Crippen molar-refractivity contribution in [1.82, 2.24) is 0 Å². The summed E-state index contributed by atoms with van der Waals surface area (Å²) in [5, 5.41) is 0. The standard InChI is InChI=1S/C15H14BrNO/c1-11(12-3-5-13(16)6-4-12)17-14-7-9-15(18-2)10-8-14/h3-10H,1-2H3. The third-order valence-electron chi connectivity index (χ3n) is 2.63. The number of halogens is 1. The van der Waals surface area contributed by atoms with Crippen molar-refractivity contribution in [2.75, 3.05) is 7.11 Å². The van der Waals surface area contributed by atoms with Gasteiger partial charge in [-0.1, -0.05) is 28.1 Å². The number of aliphatic imine (C=N–C) groups is 1. The summed E-state index contributed by atoms with van der Waals surface area (Å²) in [5.41, 5.74) is 3.04. The highest BCUT2D eigenvalue weighted by molar-refractivity contribution is 9.10. The van der Waals surface area contributed by atoms with Gasteiger partial charge in [-0.15, -0.1) is 0 Å². The summed E-state index contributed by atoms with van der Waals surface area (Å²) in [6, 6.07) is 15.8. The minimum Gasteiger partial charge on any atom is -0.497 e. The molecule has 2 aromatic carbocycles. The van der Waals surface area contributed by atoms with E-state index in [1.54, 1.807) is 7.11 Å². The Bertz CT molecular complexity index is 544. The Hall–Kier alpha value is -1.61. The van der Waals surface area contributed by atoms with Crippen LogP contribution in [0.15, 0.2) is 58.0 Å². The first-order chi connectivity index (χ1) is 8.69. The number of rotatable bonds is 3. The molecule has 0 aromatic heterocycles. The van der Waals surface area contributed by atoms with Gasteiger partial charge in [0.2, 0.25) is 0 Å². The number of methoxy groups -OCH3 is 1. The summed E-state index contributed by atoms with van der Waals surface area (Å²) in [6.07, 6.45) is 0. The van der Waals surface area contributed by atoms with E-state index >= 15 is 0 Å². The van der Waals surface area contributed by atoms with E-state index in [0.29, 0.717) is 0 Å². The molecule has 0 saturated carbocycles. The van der Waals surface area contributed by atoms with Gasteiger partial charge in [-0.3, -0.25) is 4.99 Å². The zero-order valence-corrected chi connectivity index (χ0v) is 11.9. The van der Waals surface area contributed by atoms with Gasteiger partial charge in [0.15, 0.2) is 0 Å². The molecule has 3 heteroatoms. The average Bonchev–Trinajstić information content (AvgIpc) is 2.40. The van der Waals surface area contributed by atoms with Crippen LogP contribution in [0.5, 0.6) is 5.75 Å². The molecule has 0 atom stereocenters. The predicted octanol–water partition coefficient (Wildman–Crippen LogP) is 4.60. The van der Waals surface area contributed by atoms with Crippen LogP contribution in [0.2, 0.25) is 0 Å². The first-order valence-electron chi connectivity index (χ1n) is 5.64. The van der Waals surface area contributed by atoms with Crippen LogP contribution in [0.4, 0.5) is 5.69 Å². The van der Waals surface area contributed by atoms with Crippen LogP contribution < -0.4 is 4.74 Å². The van der Waals surface area contributed by atoms with Crippen molar-refractivity contribution in [3.63, 3.8) is 0 Å².